The molecular formula is C23H27ClN2O6S. The third-order valence-corrected chi connectivity index (χ3v) is 7.24. The highest BCUT2D eigenvalue weighted by atomic mass is 35.5. The van der Waals surface area contributed by atoms with Crippen molar-refractivity contribution in [1.82, 2.24) is 4.31 Å². The van der Waals surface area contributed by atoms with Crippen LogP contribution in [-0.4, -0.2) is 50.9 Å². The van der Waals surface area contributed by atoms with E-state index in [1.807, 2.05) is 6.92 Å². The molecular weight excluding hydrogens is 468 g/mol. The molecule has 33 heavy (non-hydrogen) atoms. The maximum atomic E-state index is 13.0. The van der Waals surface area contributed by atoms with Gasteiger partial charge in [-0.05, 0) is 61.7 Å². The zero-order valence-corrected chi connectivity index (χ0v) is 20.0. The van der Waals surface area contributed by atoms with Crippen molar-refractivity contribution in [3.63, 3.8) is 0 Å². The minimum atomic E-state index is -3.77. The number of amides is 1. The normalized spacial score (nSPS) is 14.1. The lowest BCUT2D eigenvalue weighted by molar-refractivity contribution is -0.118. The molecule has 1 N–H and O–H groups in total. The highest BCUT2D eigenvalue weighted by Gasteiger charge is 2.30. The molecule has 2 aromatic carbocycles. The maximum Gasteiger partial charge on any atom is 0.338 e. The van der Waals surface area contributed by atoms with Crippen molar-refractivity contribution in [3.05, 3.63) is 53.1 Å². The summed E-state index contributed by atoms with van der Waals surface area (Å²) in [4.78, 5) is 24.2. The summed E-state index contributed by atoms with van der Waals surface area (Å²) in [5.74, 6) is -0.835. The number of nitrogens with one attached hydrogen (secondary N) is 1. The van der Waals surface area contributed by atoms with E-state index in [-0.39, 0.29) is 15.7 Å². The number of ether oxygens (including phenoxy) is 2. The monoisotopic (exact) mass is 494 g/mol. The molecule has 0 spiro atoms. The number of carbonyl (C=O) groups excluding carboxylic acids is 2. The van der Waals surface area contributed by atoms with Crippen molar-refractivity contribution in [3.8, 4) is 5.75 Å². The lowest BCUT2D eigenvalue weighted by atomic mass is 10.2. The summed E-state index contributed by atoms with van der Waals surface area (Å²) in [6.45, 7) is 2.86. The third kappa shape index (κ3) is 6.69. The molecule has 8 nitrogen and oxygen atoms in total. The van der Waals surface area contributed by atoms with Gasteiger partial charge in [0.25, 0.3) is 5.91 Å². The second-order valence-corrected chi connectivity index (χ2v) is 9.95. The first-order valence-electron chi connectivity index (χ1n) is 10.8. The van der Waals surface area contributed by atoms with Crippen LogP contribution in [0.1, 0.15) is 43.0 Å². The van der Waals surface area contributed by atoms with Crippen LogP contribution in [0.3, 0.4) is 0 Å². The molecule has 1 aliphatic heterocycles. The zero-order chi connectivity index (χ0) is 23.8. The van der Waals surface area contributed by atoms with E-state index in [1.165, 1.54) is 22.5 Å². The van der Waals surface area contributed by atoms with Gasteiger partial charge in [0.05, 0.1) is 12.2 Å². The van der Waals surface area contributed by atoms with Gasteiger partial charge < -0.3 is 14.8 Å². The van der Waals surface area contributed by atoms with Gasteiger partial charge >= 0.3 is 5.97 Å². The Morgan fingerprint density at radius 2 is 1.79 bits per heavy atom. The summed E-state index contributed by atoms with van der Waals surface area (Å²) in [5.41, 5.74) is 0.855. The van der Waals surface area contributed by atoms with Crippen LogP contribution < -0.4 is 10.1 Å². The number of benzene rings is 2. The van der Waals surface area contributed by atoms with Crippen molar-refractivity contribution in [2.45, 2.75) is 37.5 Å². The molecule has 178 valence electrons. The molecule has 10 heteroatoms. The minimum Gasteiger partial charge on any atom is -0.482 e. The van der Waals surface area contributed by atoms with Gasteiger partial charge in [-0.25, -0.2) is 13.2 Å². The van der Waals surface area contributed by atoms with E-state index in [4.69, 9.17) is 21.1 Å². The van der Waals surface area contributed by atoms with Gasteiger partial charge in [-0.2, -0.15) is 4.31 Å². The van der Waals surface area contributed by atoms with Crippen LogP contribution in [0.4, 0.5) is 5.69 Å². The molecule has 3 rings (SSSR count). The number of nitrogens with zero attached hydrogens (tertiary/aromatic N) is 1. The molecule has 1 saturated heterocycles. The average Bonchev–Trinajstić information content (AvgIpc) is 3.35. The van der Waals surface area contributed by atoms with Gasteiger partial charge in [-0.1, -0.05) is 24.9 Å². The number of rotatable bonds is 10. The molecule has 0 atom stereocenters. The SMILES string of the molecule is CCCCOC(=O)c1ccc(NC(=O)COc2ccc(Cl)cc2S(=O)(=O)N2CCCC2)cc1. The first-order valence-corrected chi connectivity index (χ1v) is 12.6. The topological polar surface area (TPSA) is 102 Å². The van der Waals surface area contributed by atoms with Crippen molar-refractivity contribution in [1.29, 1.82) is 0 Å². The van der Waals surface area contributed by atoms with Gasteiger partial charge in [-0.3, -0.25) is 4.79 Å². The van der Waals surface area contributed by atoms with Crippen LogP contribution in [-0.2, 0) is 19.6 Å². The Labute approximate surface area is 198 Å². The second kappa shape index (κ2) is 11.5. The van der Waals surface area contributed by atoms with E-state index in [1.54, 1.807) is 24.3 Å². The first-order chi connectivity index (χ1) is 15.8. The summed E-state index contributed by atoms with van der Waals surface area (Å²) < 4.78 is 38.0. The predicted octanol–water partition coefficient (Wildman–Crippen LogP) is 4.10. The smallest absolute Gasteiger partial charge is 0.338 e. The number of hydrogen-bond acceptors (Lipinski definition) is 6. The summed E-state index contributed by atoms with van der Waals surface area (Å²) in [6.07, 6.45) is 3.33. The fraction of sp³-hybridized carbons (Fsp3) is 0.391. The molecule has 1 aliphatic rings. The van der Waals surface area contributed by atoms with Gasteiger partial charge in [-0.15, -0.1) is 0 Å². The summed E-state index contributed by atoms with van der Waals surface area (Å²) in [6, 6.07) is 10.6. The first kappa shape index (κ1) is 25.0. The molecule has 1 fully saturated rings. The Balaban J connectivity index is 1.61. The summed E-state index contributed by atoms with van der Waals surface area (Å²) >= 11 is 6.02. The molecule has 0 aliphatic carbocycles. The van der Waals surface area contributed by atoms with Gasteiger partial charge in [0.1, 0.15) is 10.6 Å². The molecule has 0 aromatic heterocycles. The summed E-state index contributed by atoms with van der Waals surface area (Å²) in [7, 11) is -3.77. The minimum absolute atomic E-state index is 0.0596. The number of anilines is 1. The standard InChI is InChI=1S/C23H27ClN2O6S/c1-2-3-14-31-23(28)17-6-9-19(10-7-17)25-22(27)16-32-20-11-8-18(24)15-21(20)33(29,30)26-12-4-5-13-26/h6-11,15H,2-5,12-14,16H2,1H3,(H,25,27). The number of carbonyl (C=O) groups is 2. The highest BCUT2D eigenvalue weighted by Crippen LogP contribution is 2.31. The molecule has 0 saturated carbocycles. The lowest BCUT2D eigenvalue weighted by Gasteiger charge is -2.18. The van der Waals surface area contributed by atoms with Crippen molar-refractivity contribution in [2.24, 2.45) is 0 Å². The zero-order valence-electron chi connectivity index (χ0n) is 18.4. The van der Waals surface area contributed by atoms with Crippen LogP contribution in [0.25, 0.3) is 0 Å². The van der Waals surface area contributed by atoms with Crippen LogP contribution >= 0.6 is 11.6 Å². The Morgan fingerprint density at radius 1 is 1.09 bits per heavy atom. The number of halogens is 1. The van der Waals surface area contributed by atoms with E-state index >= 15 is 0 Å². The molecule has 2 aromatic rings. The molecule has 0 bridgehead atoms. The Morgan fingerprint density at radius 3 is 2.45 bits per heavy atom. The fourth-order valence-electron chi connectivity index (χ4n) is 3.29. The summed E-state index contributed by atoms with van der Waals surface area (Å²) in [5, 5.41) is 2.92. The number of sulfonamides is 1. The largest absolute Gasteiger partial charge is 0.482 e. The second-order valence-electron chi connectivity index (χ2n) is 7.61. The van der Waals surface area contributed by atoms with Crippen LogP contribution in [0.15, 0.2) is 47.4 Å². The van der Waals surface area contributed by atoms with E-state index in [0.717, 1.165) is 25.7 Å². The molecule has 1 amide bonds. The van der Waals surface area contributed by atoms with Gasteiger partial charge in [0.2, 0.25) is 10.0 Å². The predicted molar refractivity (Wildman–Crippen MR) is 125 cm³/mol. The Hall–Kier alpha value is -2.62. The van der Waals surface area contributed by atoms with E-state index in [0.29, 0.717) is 30.9 Å². The van der Waals surface area contributed by atoms with Crippen LogP contribution in [0, 0.1) is 0 Å². The lowest BCUT2D eigenvalue weighted by Crippen LogP contribution is -2.28. The highest BCUT2D eigenvalue weighted by molar-refractivity contribution is 7.89. The van der Waals surface area contributed by atoms with E-state index in [9.17, 15) is 18.0 Å². The van der Waals surface area contributed by atoms with E-state index < -0.39 is 28.5 Å². The van der Waals surface area contributed by atoms with Crippen molar-refractivity contribution >= 4 is 39.2 Å². The quantitative estimate of drug-likeness (QED) is 0.394. The molecule has 1 heterocycles. The Kier molecular flexibility index (Phi) is 8.71. The Bertz CT molecular complexity index is 1080. The molecule has 0 unspecified atom stereocenters. The van der Waals surface area contributed by atoms with Crippen molar-refractivity contribution in [2.75, 3.05) is 31.6 Å². The van der Waals surface area contributed by atoms with E-state index in [2.05, 4.69) is 5.32 Å². The number of esters is 1. The van der Waals surface area contributed by atoms with Gasteiger partial charge in [0.15, 0.2) is 6.61 Å². The van der Waals surface area contributed by atoms with Crippen LogP contribution in [0.2, 0.25) is 5.02 Å². The van der Waals surface area contributed by atoms with Crippen molar-refractivity contribution < 1.29 is 27.5 Å². The third-order valence-electron chi connectivity index (χ3n) is 5.08. The average molecular weight is 495 g/mol. The van der Waals surface area contributed by atoms with Gasteiger partial charge in [0, 0.05) is 23.8 Å². The number of unbranched alkanes of at least 4 members (excludes halogenated alkanes) is 1. The van der Waals surface area contributed by atoms with Crippen LogP contribution in [0.5, 0.6) is 5.75 Å². The maximum absolute atomic E-state index is 13.0. The fourth-order valence-corrected chi connectivity index (χ4v) is 5.20. The molecule has 0 radical (unpaired) electrons. The number of hydrogen-bond donors (Lipinski definition) is 1.